The molecule has 0 unspecified atom stereocenters. The lowest BCUT2D eigenvalue weighted by atomic mass is 10.1. The highest BCUT2D eigenvalue weighted by Crippen LogP contribution is 2.27. The highest BCUT2D eigenvalue weighted by atomic mass is 16.5. The first-order chi connectivity index (χ1) is 11.6. The van der Waals surface area contributed by atoms with Crippen molar-refractivity contribution in [1.29, 1.82) is 0 Å². The molecule has 2 aromatic rings. The zero-order valence-electron chi connectivity index (χ0n) is 13.9. The molecule has 0 saturated carbocycles. The molecule has 5 heteroatoms. The normalized spacial score (nSPS) is 10.6. The number of carbonyl (C=O) groups is 1. The van der Waals surface area contributed by atoms with Crippen molar-refractivity contribution < 1.29 is 24.1 Å². The number of aromatic hydroxyl groups is 1. The van der Waals surface area contributed by atoms with E-state index in [2.05, 4.69) is 0 Å². The predicted octanol–water partition coefficient (Wildman–Crippen LogP) is 3.70. The zero-order chi connectivity index (χ0) is 17.5. The van der Waals surface area contributed by atoms with Crippen LogP contribution in [-0.4, -0.2) is 31.7 Å². The number of phenolic OH excluding ortho intramolecular Hbond substituents is 1. The molecule has 0 amide bonds. The van der Waals surface area contributed by atoms with Crippen LogP contribution in [0.25, 0.3) is 6.08 Å². The molecule has 0 aromatic heterocycles. The Hall–Kier alpha value is -2.95. The summed E-state index contributed by atoms with van der Waals surface area (Å²) in [6.07, 6.45) is 3.06. The first-order valence-electron chi connectivity index (χ1n) is 7.48. The second-order valence-corrected chi connectivity index (χ2v) is 4.96. The van der Waals surface area contributed by atoms with Gasteiger partial charge in [-0.15, -0.1) is 0 Å². The summed E-state index contributed by atoms with van der Waals surface area (Å²) in [5, 5.41) is 9.86. The maximum Gasteiger partial charge on any atom is 0.186 e. The smallest absolute Gasteiger partial charge is 0.186 e. The number of methoxy groups -OCH3 is 2. The van der Waals surface area contributed by atoms with Crippen LogP contribution < -0.4 is 14.2 Å². The van der Waals surface area contributed by atoms with Crippen molar-refractivity contribution in [3.05, 3.63) is 53.6 Å². The van der Waals surface area contributed by atoms with Gasteiger partial charge in [-0.05, 0) is 42.8 Å². The highest BCUT2D eigenvalue weighted by Gasteiger charge is 2.08. The van der Waals surface area contributed by atoms with Gasteiger partial charge in [0.1, 0.15) is 11.5 Å². The van der Waals surface area contributed by atoms with Gasteiger partial charge >= 0.3 is 0 Å². The average Bonchev–Trinajstić information content (AvgIpc) is 2.61. The summed E-state index contributed by atoms with van der Waals surface area (Å²) in [5.74, 6) is 1.35. The Labute approximate surface area is 141 Å². The summed E-state index contributed by atoms with van der Waals surface area (Å²) < 4.78 is 15.6. The second kappa shape index (κ2) is 8.06. The van der Waals surface area contributed by atoms with Crippen molar-refractivity contribution in [2.24, 2.45) is 0 Å². The zero-order valence-corrected chi connectivity index (χ0v) is 13.9. The summed E-state index contributed by atoms with van der Waals surface area (Å²) in [5.41, 5.74) is 1.15. The molecule has 0 aliphatic carbocycles. The Morgan fingerprint density at radius 3 is 2.29 bits per heavy atom. The second-order valence-electron chi connectivity index (χ2n) is 4.96. The molecule has 1 N–H and O–H groups in total. The van der Waals surface area contributed by atoms with Gasteiger partial charge in [-0.25, -0.2) is 0 Å². The monoisotopic (exact) mass is 328 g/mol. The fourth-order valence-electron chi connectivity index (χ4n) is 2.13. The van der Waals surface area contributed by atoms with Gasteiger partial charge in [0.15, 0.2) is 17.3 Å². The van der Waals surface area contributed by atoms with Gasteiger partial charge < -0.3 is 19.3 Å². The van der Waals surface area contributed by atoms with Crippen molar-refractivity contribution in [3.8, 4) is 23.0 Å². The van der Waals surface area contributed by atoms with Gasteiger partial charge in [-0.3, -0.25) is 4.79 Å². The minimum Gasteiger partial charge on any atom is -0.504 e. The third-order valence-corrected chi connectivity index (χ3v) is 3.35. The van der Waals surface area contributed by atoms with Crippen molar-refractivity contribution in [2.45, 2.75) is 6.92 Å². The van der Waals surface area contributed by atoms with E-state index in [0.29, 0.717) is 35.0 Å². The standard InChI is InChI=1S/C19H20O5/c1-4-24-19-8-6-13(9-18(19)21)5-7-17(20)14-10-15(22-2)12-16(11-14)23-3/h5-12,21H,4H2,1-3H3. The Morgan fingerprint density at radius 1 is 1.08 bits per heavy atom. The van der Waals surface area contributed by atoms with Crippen molar-refractivity contribution in [2.75, 3.05) is 20.8 Å². The van der Waals surface area contributed by atoms with Crippen LogP contribution in [0.5, 0.6) is 23.0 Å². The summed E-state index contributed by atoms with van der Waals surface area (Å²) >= 11 is 0. The lowest BCUT2D eigenvalue weighted by Crippen LogP contribution is -1.97. The number of carbonyl (C=O) groups excluding carboxylic acids is 1. The highest BCUT2D eigenvalue weighted by molar-refractivity contribution is 6.07. The molecule has 0 saturated heterocycles. The quantitative estimate of drug-likeness (QED) is 0.620. The van der Waals surface area contributed by atoms with E-state index < -0.39 is 0 Å². The van der Waals surface area contributed by atoms with Crippen LogP contribution in [0.4, 0.5) is 0 Å². The van der Waals surface area contributed by atoms with Gasteiger partial charge in [0, 0.05) is 11.6 Å². The van der Waals surface area contributed by atoms with E-state index in [-0.39, 0.29) is 11.5 Å². The third-order valence-electron chi connectivity index (χ3n) is 3.35. The maximum atomic E-state index is 12.3. The molecule has 126 valence electrons. The summed E-state index contributed by atoms with van der Waals surface area (Å²) in [6.45, 7) is 2.31. The first-order valence-corrected chi connectivity index (χ1v) is 7.48. The number of phenols is 1. The van der Waals surface area contributed by atoms with E-state index in [0.717, 1.165) is 0 Å². The van der Waals surface area contributed by atoms with Gasteiger partial charge in [0.05, 0.1) is 20.8 Å². The van der Waals surface area contributed by atoms with E-state index >= 15 is 0 Å². The number of ether oxygens (including phenoxy) is 3. The van der Waals surface area contributed by atoms with Gasteiger partial charge in [0.2, 0.25) is 0 Å². The lowest BCUT2D eigenvalue weighted by molar-refractivity contribution is 0.104. The van der Waals surface area contributed by atoms with Crippen LogP contribution >= 0.6 is 0 Å². The Morgan fingerprint density at radius 2 is 1.75 bits per heavy atom. The molecule has 2 aromatic carbocycles. The molecular weight excluding hydrogens is 308 g/mol. The molecule has 0 heterocycles. The molecular formula is C19H20O5. The average molecular weight is 328 g/mol. The Kier molecular flexibility index (Phi) is 5.84. The maximum absolute atomic E-state index is 12.3. The van der Waals surface area contributed by atoms with Gasteiger partial charge in [0.25, 0.3) is 0 Å². The van der Waals surface area contributed by atoms with E-state index in [1.165, 1.54) is 20.3 Å². The summed E-state index contributed by atoms with van der Waals surface area (Å²) in [4.78, 5) is 12.3. The van der Waals surface area contributed by atoms with E-state index in [1.807, 2.05) is 6.92 Å². The van der Waals surface area contributed by atoms with Crippen molar-refractivity contribution >= 4 is 11.9 Å². The molecule has 2 rings (SSSR count). The number of benzene rings is 2. The molecule has 0 radical (unpaired) electrons. The van der Waals surface area contributed by atoms with E-state index in [1.54, 1.807) is 42.5 Å². The number of rotatable bonds is 7. The molecule has 0 spiro atoms. The predicted molar refractivity (Wildman–Crippen MR) is 92.2 cm³/mol. The molecule has 0 fully saturated rings. The largest absolute Gasteiger partial charge is 0.504 e. The molecule has 0 atom stereocenters. The number of allylic oxidation sites excluding steroid dienone is 1. The van der Waals surface area contributed by atoms with Gasteiger partial charge in [-0.1, -0.05) is 12.1 Å². The SMILES string of the molecule is CCOc1ccc(C=CC(=O)c2cc(OC)cc(OC)c2)cc1O. The Balaban J connectivity index is 2.20. The first kappa shape index (κ1) is 17.4. The molecule has 24 heavy (non-hydrogen) atoms. The number of hydrogen-bond donors (Lipinski definition) is 1. The lowest BCUT2D eigenvalue weighted by Gasteiger charge is -2.07. The van der Waals surface area contributed by atoms with Gasteiger partial charge in [-0.2, -0.15) is 0 Å². The van der Waals surface area contributed by atoms with E-state index in [9.17, 15) is 9.90 Å². The molecule has 0 aliphatic rings. The minimum atomic E-state index is -0.194. The van der Waals surface area contributed by atoms with Crippen LogP contribution in [-0.2, 0) is 0 Å². The summed E-state index contributed by atoms with van der Waals surface area (Å²) in [7, 11) is 3.06. The fraction of sp³-hybridized carbons (Fsp3) is 0.211. The number of hydrogen-bond acceptors (Lipinski definition) is 5. The van der Waals surface area contributed by atoms with Crippen LogP contribution in [0.1, 0.15) is 22.8 Å². The van der Waals surface area contributed by atoms with Crippen molar-refractivity contribution in [3.63, 3.8) is 0 Å². The third kappa shape index (κ3) is 4.29. The van der Waals surface area contributed by atoms with Crippen LogP contribution in [0.3, 0.4) is 0 Å². The summed E-state index contributed by atoms with van der Waals surface area (Å²) in [6, 6.07) is 9.96. The Bertz CT molecular complexity index is 727. The topological polar surface area (TPSA) is 65.0 Å². The minimum absolute atomic E-state index is 0.0366. The molecule has 0 aliphatic heterocycles. The van der Waals surface area contributed by atoms with Crippen molar-refractivity contribution in [1.82, 2.24) is 0 Å². The fourth-order valence-corrected chi connectivity index (χ4v) is 2.13. The number of ketones is 1. The molecule has 0 bridgehead atoms. The van der Waals surface area contributed by atoms with Crippen LogP contribution in [0.15, 0.2) is 42.5 Å². The molecule has 5 nitrogen and oxygen atoms in total. The van der Waals surface area contributed by atoms with Crippen LogP contribution in [0.2, 0.25) is 0 Å². The van der Waals surface area contributed by atoms with E-state index in [4.69, 9.17) is 14.2 Å². The van der Waals surface area contributed by atoms with Crippen LogP contribution in [0, 0.1) is 0 Å².